The molecule has 1 heterocycles. The maximum absolute atomic E-state index is 5.90. The zero-order valence-corrected chi connectivity index (χ0v) is 13.4. The Morgan fingerprint density at radius 3 is 2.35 bits per heavy atom. The number of nitrogens with zero attached hydrogens (tertiary/aromatic N) is 2. The van der Waals surface area contributed by atoms with Crippen molar-refractivity contribution in [3.05, 3.63) is 66.4 Å². The number of hydrogen-bond acceptors (Lipinski definition) is 3. The minimum absolute atomic E-state index is 0.165. The van der Waals surface area contributed by atoms with Gasteiger partial charge in [-0.25, -0.2) is 4.68 Å². The van der Waals surface area contributed by atoms with Gasteiger partial charge in [0, 0.05) is 23.9 Å². The van der Waals surface area contributed by atoms with E-state index >= 15 is 0 Å². The molecule has 2 N–H and O–H groups in total. The summed E-state index contributed by atoms with van der Waals surface area (Å²) in [5.41, 5.74) is 9.89. The van der Waals surface area contributed by atoms with Crippen LogP contribution in [0, 0.1) is 0 Å². The van der Waals surface area contributed by atoms with Gasteiger partial charge in [-0.1, -0.05) is 18.2 Å². The van der Waals surface area contributed by atoms with Gasteiger partial charge >= 0.3 is 0 Å². The average Bonchev–Trinajstić information content (AvgIpc) is 3.00. The van der Waals surface area contributed by atoms with Gasteiger partial charge in [-0.15, -0.1) is 0 Å². The van der Waals surface area contributed by atoms with Crippen LogP contribution in [0.15, 0.2) is 60.8 Å². The smallest absolute Gasteiger partial charge is 0.119 e. The molecule has 0 saturated heterocycles. The molecule has 0 spiro atoms. The monoisotopic (exact) mass is 307 g/mol. The molecule has 0 amide bonds. The van der Waals surface area contributed by atoms with E-state index in [4.69, 9.17) is 15.6 Å². The molecule has 2 aromatic carbocycles. The summed E-state index contributed by atoms with van der Waals surface area (Å²) in [5, 5.41) is 4.71. The summed E-state index contributed by atoms with van der Waals surface area (Å²) in [6.07, 6.45) is 2.15. The molecule has 0 unspecified atom stereocenters. The Hall–Kier alpha value is -2.59. The van der Waals surface area contributed by atoms with Gasteiger partial charge in [0.05, 0.1) is 17.5 Å². The fourth-order valence-electron chi connectivity index (χ4n) is 2.48. The predicted molar refractivity (Wildman–Crippen MR) is 92.7 cm³/mol. The van der Waals surface area contributed by atoms with Crippen molar-refractivity contribution in [3.63, 3.8) is 0 Å². The Labute approximate surface area is 136 Å². The van der Waals surface area contributed by atoms with Crippen molar-refractivity contribution in [2.24, 2.45) is 5.73 Å². The van der Waals surface area contributed by atoms with Crippen LogP contribution in [-0.4, -0.2) is 15.9 Å². The Balaban J connectivity index is 1.94. The normalized spacial score (nSPS) is 11.0. The Kier molecular flexibility index (Phi) is 4.44. The Bertz CT molecular complexity index is 761. The quantitative estimate of drug-likeness (QED) is 0.780. The zero-order chi connectivity index (χ0) is 16.2. The van der Waals surface area contributed by atoms with E-state index in [1.54, 1.807) is 0 Å². The second kappa shape index (κ2) is 6.67. The number of para-hydroxylation sites is 1. The van der Waals surface area contributed by atoms with Crippen molar-refractivity contribution < 1.29 is 4.74 Å². The van der Waals surface area contributed by atoms with Crippen LogP contribution in [-0.2, 0) is 6.54 Å². The molecular weight excluding hydrogens is 286 g/mol. The summed E-state index contributed by atoms with van der Waals surface area (Å²) in [5.74, 6) is 0.862. The molecule has 0 atom stereocenters. The van der Waals surface area contributed by atoms with Crippen molar-refractivity contribution in [3.8, 4) is 22.7 Å². The van der Waals surface area contributed by atoms with Crippen molar-refractivity contribution in [1.82, 2.24) is 9.78 Å². The van der Waals surface area contributed by atoms with Crippen LogP contribution in [0.5, 0.6) is 5.75 Å². The molecule has 0 radical (unpaired) electrons. The highest BCUT2D eigenvalue weighted by atomic mass is 16.5. The number of nitrogens with two attached hydrogens (primary N) is 1. The molecule has 1 aromatic heterocycles. The van der Waals surface area contributed by atoms with Crippen LogP contribution in [0.2, 0.25) is 0 Å². The SMILES string of the molecule is CC(C)Oc1ccc(-c2nn(-c3ccccc3)cc2CN)cc1. The molecule has 3 rings (SSSR count). The molecule has 0 aliphatic heterocycles. The molecule has 3 aromatic rings. The lowest BCUT2D eigenvalue weighted by molar-refractivity contribution is 0.242. The van der Waals surface area contributed by atoms with Crippen LogP contribution >= 0.6 is 0 Å². The van der Waals surface area contributed by atoms with Crippen molar-refractivity contribution >= 4 is 0 Å². The first-order chi connectivity index (χ1) is 11.2. The summed E-state index contributed by atoms with van der Waals surface area (Å²) in [7, 11) is 0. The first-order valence-corrected chi connectivity index (χ1v) is 7.78. The van der Waals surface area contributed by atoms with Gasteiger partial charge in [-0.2, -0.15) is 5.10 Å². The predicted octanol–water partition coefficient (Wildman–Crippen LogP) is 3.79. The highest BCUT2D eigenvalue weighted by Gasteiger charge is 2.11. The second-order valence-corrected chi connectivity index (χ2v) is 5.68. The number of aromatic nitrogens is 2. The molecule has 4 nitrogen and oxygen atoms in total. The summed E-state index contributed by atoms with van der Waals surface area (Å²) in [6, 6.07) is 18.0. The first-order valence-electron chi connectivity index (χ1n) is 7.78. The van der Waals surface area contributed by atoms with E-state index < -0.39 is 0 Å². The maximum atomic E-state index is 5.90. The molecule has 23 heavy (non-hydrogen) atoms. The highest BCUT2D eigenvalue weighted by molar-refractivity contribution is 5.64. The van der Waals surface area contributed by atoms with Gasteiger partial charge in [-0.05, 0) is 50.2 Å². The standard InChI is InChI=1S/C19H21N3O/c1-14(2)23-18-10-8-15(9-11-18)19-16(12-20)13-22(21-19)17-6-4-3-5-7-17/h3-11,13-14H,12,20H2,1-2H3. The average molecular weight is 307 g/mol. The fourth-order valence-corrected chi connectivity index (χ4v) is 2.48. The van der Waals surface area contributed by atoms with E-state index in [0.717, 1.165) is 28.3 Å². The molecule has 4 heteroatoms. The number of rotatable bonds is 5. The van der Waals surface area contributed by atoms with Crippen molar-refractivity contribution in [2.45, 2.75) is 26.5 Å². The lowest BCUT2D eigenvalue weighted by atomic mass is 10.1. The van der Waals surface area contributed by atoms with E-state index in [1.165, 1.54) is 0 Å². The molecule has 0 bridgehead atoms. The summed E-state index contributed by atoms with van der Waals surface area (Å²) in [4.78, 5) is 0. The van der Waals surface area contributed by atoms with E-state index in [1.807, 2.05) is 79.3 Å². The summed E-state index contributed by atoms with van der Waals surface area (Å²) in [6.45, 7) is 4.48. The molecular formula is C19H21N3O. The molecule has 0 fully saturated rings. The summed E-state index contributed by atoms with van der Waals surface area (Å²) < 4.78 is 7.56. The minimum atomic E-state index is 0.165. The maximum Gasteiger partial charge on any atom is 0.119 e. The fraction of sp³-hybridized carbons (Fsp3) is 0.211. The van der Waals surface area contributed by atoms with Crippen LogP contribution in [0.3, 0.4) is 0 Å². The number of benzene rings is 2. The van der Waals surface area contributed by atoms with Crippen LogP contribution < -0.4 is 10.5 Å². The van der Waals surface area contributed by atoms with Gasteiger partial charge in [0.2, 0.25) is 0 Å². The third-order valence-electron chi connectivity index (χ3n) is 3.53. The van der Waals surface area contributed by atoms with E-state index in [-0.39, 0.29) is 6.10 Å². The van der Waals surface area contributed by atoms with Crippen LogP contribution in [0.4, 0.5) is 0 Å². The first kappa shape index (κ1) is 15.3. The molecule has 0 aliphatic rings. The number of hydrogen-bond donors (Lipinski definition) is 1. The molecule has 0 aliphatic carbocycles. The topological polar surface area (TPSA) is 53.1 Å². The van der Waals surface area contributed by atoms with Gasteiger partial charge in [0.1, 0.15) is 5.75 Å². The van der Waals surface area contributed by atoms with Crippen molar-refractivity contribution in [1.29, 1.82) is 0 Å². The van der Waals surface area contributed by atoms with Gasteiger partial charge in [0.15, 0.2) is 0 Å². The third kappa shape index (κ3) is 3.43. The van der Waals surface area contributed by atoms with E-state index in [0.29, 0.717) is 6.54 Å². The van der Waals surface area contributed by atoms with E-state index in [2.05, 4.69) is 0 Å². The van der Waals surface area contributed by atoms with E-state index in [9.17, 15) is 0 Å². The molecule has 0 saturated carbocycles. The van der Waals surface area contributed by atoms with Crippen LogP contribution in [0.25, 0.3) is 16.9 Å². The van der Waals surface area contributed by atoms with Gasteiger partial charge in [-0.3, -0.25) is 0 Å². The zero-order valence-electron chi connectivity index (χ0n) is 13.4. The minimum Gasteiger partial charge on any atom is -0.491 e. The van der Waals surface area contributed by atoms with Crippen LogP contribution in [0.1, 0.15) is 19.4 Å². The lowest BCUT2D eigenvalue weighted by Crippen LogP contribution is -2.05. The summed E-state index contributed by atoms with van der Waals surface area (Å²) >= 11 is 0. The third-order valence-corrected chi connectivity index (χ3v) is 3.53. The highest BCUT2D eigenvalue weighted by Crippen LogP contribution is 2.25. The second-order valence-electron chi connectivity index (χ2n) is 5.68. The van der Waals surface area contributed by atoms with Gasteiger partial charge in [0.25, 0.3) is 0 Å². The number of ether oxygens (including phenoxy) is 1. The Morgan fingerprint density at radius 2 is 1.74 bits per heavy atom. The van der Waals surface area contributed by atoms with Crippen molar-refractivity contribution in [2.75, 3.05) is 0 Å². The largest absolute Gasteiger partial charge is 0.491 e. The lowest BCUT2D eigenvalue weighted by Gasteiger charge is -2.09. The Morgan fingerprint density at radius 1 is 1.04 bits per heavy atom. The molecule has 118 valence electrons. The van der Waals surface area contributed by atoms with Gasteiger partial charge < -0.3 is 10.5 Å².